The van der Waals surface area contributed by atoms with Crippen molar-refractivity contribution in [3.8, 4) is 0 Å². The Morgan fingerprint density at radius 3 is 2.00 bits per heavy atom. The van der Waals surface area contributed by atoms with Gasteiger partial charge in [0.15, 0.2) is 0 Å². The lowest BCUT2D eigenvalue weighted by Crippen LogP contribution is -2.23. The first-order valence-corrected chi connectivity index (χ1v) is 3.47. The summed E-state index contributed by atoms with van der Waals surface area (Å²) in [5.41, 5.74) is 0.0156. The van der Waals surface area contributed by atoms with E-state index in [2.05, 4.69) is 27.4 Å². The average molecular weight is 128 g/mol. The van der Waals surface area contributed by atoms with Crippen LogP contribution in [0.3, 0.4) is 0 Å². The van der Waals surface area contributed by atoms with Gasteiger partial charge in [-0.05, 0) is 19.8 Å². The zero-order valence-electron chi connectivity index (χ0n) is 6.61. The third kappa shape index (κ3) is 2.54. The molecule has 1 nitrogen and oxygen atoms in total. The fraction of sp³-hybridized carbons (Fsp3) is 0.750. The predicted octanol–water partition coefficient (Wildman–Crippen LogP) is 2.73. The van der Waals surface area contributed by atoms with Crippen molar-refractivity contribution in [2.24, 2.45) is 0 Å². The van der Waals surface area contributed by atoms with Crippen LogP contribution >= 0.6 is 0 Å². The molecule has 0 aromatic rings. The highest BCUT2D eigenvalue weighted by molar-refractivity contribution is 4.73. The Morgan fingerprint density at radius 2 is 1.89 bits per heavy atom. The minimum absolute atomic E-state index is 0.0156. The minimum Gasteiger partial charge on any atom is -0.496 e. The van der Waals surface area contributed by atoms with E-state index in [0.717, 1.165) is 12.8 Å². The van der Waals surface area contributed by atoms with Gasteiger partial charge in [-0.15, -0.1) is 0 Å². The maximum atomic E-state index is 5.29. The molecule has 0 unspecified atom stereocenters. The van der Waals surface area contributed by atoms with E-state index in [-0.39, 0.29) is 5.60 Å². The van der Waals surface area contributed by atoms with Crippen molar-refractivity contribution in [3.05, 3.63) is 12.8 Å². The summed E-state index contributed by atoms with van der Waals surface area (Å²) in [6, 6.07) is 0. The molecule has 9 heavy (non-hydrogen) atoms. The van der Waals surface area contributed by atoms with Crippen molar-refractivity contribution in [1.82, 2.24) is 0 Å². The topological polar surface area (TPSA) is 9.23 Å². The van der Waals surface area contributed by atoms with E-state index in [9.17, 15) is 0 Å². The lowest BCUT2D eigenvalue weighted by atomic mass is 10.0. The standard InChI is InChI=1S/C8H16O/c1-5-8(4,6-2)9-7-3/h7H,3,5-6H2,1-2,4H3. The molecule has 54 valence electrons. The molecule has 0 aliphatic rings. The molecular weight excluding hydrogens is 112 g/mol. The van der Waals surface area contributed by atoms with Crippen molar-refractivity contribution < 1.29 is 4.74 Å². The lowest BCUT2D eigenvalue weighted by Gasteiger charge is -2.25. The Labute approximate surface area is 57.7 Å². The quantitative estimate of drug-likeness (QED) is 0.529. The van der Waals surface area contributed by atoms with Crippen molar-refractivity contribution in [2.75, 3.05) is 0 Å². The smallest absolute Gasteiger partial charge is 0.105 e. The molecule has 0 fully saturated rings. The fourth-order valence-corrected chi connectivity index (χ4v) is 0.618. The number of ether oxygens (including phenoxy) is 1. The van der Waals surface area contributed by atoms with Crippen LogP contribution in [0.4, 0.5) is 0 Å². The van der Waals surface area contributed by atoms with E-state index in [1.54, 1.807) is 0 Å². The molecule has 0 radical (unpaired) electrons. The van der Waals surface area contributed by atoms with Gasteiger partial charge in [0.2, 0.25) is 0 Å². The zero-order chi connectivity index (χ0) is 7.33. The van der Waals surface area contributed by atoms with Crippen LogP contribution in [-0.2, 0) is 4.74 Å². The molecule has 0 rings (SSSR count). The van der Waals surface area contributed by atoms with E-state index in [1.807, 2.05) is 0 Å². The average Bonchev–Trinajstić information content (AvgIpc) is 1.89. The molecule has 0 atom stereocenters. The fourth-order valence-electron chi connectivity index (χ4n) is 0.618. The summed E-state index contributed by atoms with van der Waals surface area (Å²) >= 11 is 0. The summed E-state index contributed by atoms with van der Waals surface area (Å²) < 4.78 is 5.29. The highest BCUT2D eigenvalue weighted by Crippen LogP contribution is 2.18. The first kappa shape index (κ1) is 8.54. The van der Waals surface area contributed by atoms with Gasteiger partial charge in [-0.3, -0.25) is 0 Å². The van der Waals surface area contributed by atoms with Crippen LogP contribution in [0.1, 0.15) is 33.6 Å². The monoisotopic (exact) mass is 128 g/mol. The summed E-state index contributed by atoms with van der Waals surface area (Å²) in [5, 5.41) is 0. The maximum absolute atomic E-state index is 5.29. The van der Waals surface area contributed by atoms with Crippen LogP contribution in [0.5, 0.6) is 0 Å². The molecular formula is C8H16O. The molecule has 0 saturated heterocycles. The summed E-state index contributed by atoms with van der Waals surface area (Å²) in [6.45, 7) is 9.85. The van der Waals surface area contributed by atoms with Gasteiger partial charge in [-0.2, -0.15) is 0 Å². The summed E-state index contributed by atoms with van der Waals surface area (Å²) in [7, 11) is 0. The highest BCUT2D eigenvalue weighted by atomic mass is 16.5. The van der Waals surface area contributed by atoms with Crippen molar-refractivity contribution in [3.63, 3.8) is 0 Å². The molecule has 0 N–H and O–H groups in total. The molecule has 0 aromatic carbocycles. The Morgan fingerprint density at radius 1 is 1.44 bits per heavy atom. The van der Waals surface area contributed by atoms with Gasteiger partial charge in [0.25, 0.3) is 0 Å². The van der Waals surface area contributed by atoms with Gasteiger partial charge in [0.1, 0.15) is 5.60 Å². The SMILES string of the molecule is C=COC(C)(CC)CC. The predicted molar refractivity (Wildman–Crippen MR) is 40.3 cm³/mol. The number of rotatable bonds is 4. The van der Waals surface area contributed by atoms with Gasteiger partial charge in [0.05, 0.1) is 6.26 Å². The minimum atomic E-state index is 0.0156. The van der Waals surface area contributed by atoms with E-state index in [1.165, 1.54) is 6.26 Å². The van der Waals surface area contributed by atoms with Crippen LogP contribution in [0.25, 0.3) is 0 Å². The Hall–Kier alpha value is -0.460. The lowest BCUT2D eigenvalue weighted by molar-refractivity contribution is 0.0329. The van der Waals surface area contributed by atoms with E-state index >= 15 is 0 Å². The highest BCUT2D eigenvalue weighted by Gasteiger charge is 2.18. The molecule has 0 aromatic heterocycles. The third-order valence-corrected chi connectivity index (χ3v) is 1.86. The van der Waals surface area contributed by atoms with Gasteiger partial charge in [-0.1, -0.05) is 20.4 Å². The van der Waals surface area contributed by atoms with Crippen LogP contribution in [-0.4, -0.2) is 5.60 Å². The molecule has 1 heteroatoms. The van der Waals surface area contributed by atoms with Crippen LogP contribution in [0.15, 0.2) is 12.8 Å². The maximum Gasteiger partial charge on any atom is 0.105 e. The molecule has 0 bridgehead atoms. The van der Waals surface area contributed by atoms with Gasteiger partial charge in [0, 0.05) is 0 Å². The van der Waals surface area contributed by atoms with Gasteiger partial charge < -0.3 is 4.74 Å². The Bertz CT molecular complexity index is 82.6. The van der Waals surface area contributed by atoms with Crippen molar-refractivity contribution >= 4 is 0 Å². The molecule has 0 amide bonds. The van der Waals surface area contributed by atoms with E-state index < -0.39 is 0 Å². The number of hydrogen-bond donors (Lipinski definition) is 0. The summed E-state index contributed by atoms with van der Waals surface area (Å²) in [4.78, 5) is 0. The van der Waals surface area contributed by atoms with Crippen molar-refractivity contribution in [1.29, 1.82) is 0 Å². The second-order valence-electron chi connectivity index (χ2n) is 2.44. The Balaban J connectivity index is 3.75. The summed E-state index contributed by atoms with van der Waals surface area (Å²) in [5.74, 6) is 0. The first-order valence-electron chi connectivity index (χ1n) is 3.47. The van der Waals surface area contributed by atoms with Crippen LogP contribution in [0, 0.1) is 0 Å². The Kier molecular flexibility index (Phi) is 3.36. The molecule has 0 aliphatic carbocycles. The molecule has 0 aliphatic heterocycles. The third-order valence-electron chi connectivity index (χ3n) is 1.86. The largest absolute Gasteiger partial charge is 0.496 e. The molecule has 0 heterocycles. The van der Waals surface area contributed by atoms with Crippen LogP contribution in [0.2, 0.25) is 0 Å². The summed E-state index contributed by atoms with van der Waals surface area (Å²) in [6.07, 6.45) is 3.60. The second-order valence-corrected chi connectivity index (χ2v) is 2.44. The van der Waals surface area contributed by atoms with Crippen molar-refractivity contribution in [2.45, 2.75) is 39.2 Å². The van der Waals surface area contributed by atoms with E-state index in [0.29, 0.717) is 0 Å². The molecule has 0 spiro atoms. The van der Waals surface area contributed by atoms with Gasteiger partial charge >= 0.3 is 0 Å². The number of hydrogen-bond acceptors (Lipinski definition) is 1. The second kappa shape index (κ2) is 3.54. The first-order chi connectivity index (χ1) is 4.18. The molecule has 0 saturated carbocycles. The van der Waals surface area contributed by atoms with Crippen LogP contribution < -0.4 is 0 Å². The normalized spacial score (nSPS) is 11.0. The van der Waals surface area contributed by atoms with Gasteiger partial charge in [-0.25, -0.2) is 0 Å². The van der Waals surface area contributed by atoms with E-state index in [4.69, 9.17) is 4.74 Å². The zero-order valence-corrected chi connectivity index (χ0v) is 6.61.